The maximum absolute atomic E-state index is 10.7. The van der Waals surface area contributed by atoms with Crippen LogP contribution in [0.2, 0.25) is 0 Å². The highest BCUT2D eigenvalue weighted by atomic mass is 16.1. The van der Waals surface area contributed by atoms with Gasteiger partial charge in [-0.3, -0.25) is 9.78 Å². The normalized spacial score (nSPS) is 10.1. The molecule has 0 unspecified atom stereocenters. The predicted octanol–water partition coefficient (Wildman–Crippen LogP) is 3.18. The van der Waals surface area contributed by atoms with Gasteiger partial charge in [0.2, 0.25) is 0 Å². The molecule has 0 atom stereocenters. The summed E-state index contributed by atoms with van der Waals surface area (Å²) >= 11 is 0. The van der Waals surface area contributed by atoms with Crippen LogP contribution in [0.4, 0.5) is 0 Å². The average molecular weight is 211 g/mol. The summed E-state index contributed by atoms with van der Waals surface area (Å²) < 4.78 is 0. The van der Waals surface area contributed by atoms with Crippen LogP contribution < -0.4 is 0 Å². The zero-order valence-corrected chi connectivity index (χ0v) is 9.40. The van der Waals surface area contributed by atoms with Crippen molar-refractivity contribution in [2.75, 3.05) is 0 Å². The van der Waals surface area contributed by atoms with Crippen LogP contribution in [0.3, 0.4) is 0 Å². The van der Waals surface area contributed by atoms with E-state index in [0.717, 1.165) is 28.5 Å². The Morgan fingerprint density at radius 3 is 2.12 bits per heavy atom. The third kappa shape index (κ3) is 1.87. The predicted molar refractivity (Wildman–Crippen MR) is 64.5 cm³/mol. The van der Waals surface area contributed by atoms with Crippen molar-refractivity contribution in [3.63, 3.8) is 0 Å². The van der Waals surface area contributed by atoms with Gasteiger partial charge in [-0.1, -0.05) is 0 Å². The summed E-state index contributed by atoms with van der Waals surface area (Å²) in [5.41, 5.74) is 5.30. The molecule has 0 aliphatic carbocycles. The van der Waals surface area contributed by atoms with Gasteiger partial charge in [0.15, 0.2) is 0 Å². The maximum Gasteiger partial charge on any atom is 0.150 e. The largest absolute Gasteiger partial charge is 0.298 e. The Morgan fingerprint density at radius 1 is 1.06 bits per heavy atom. The minimum atomic E-state index is 0.729. The zero-order valence-electron chi connectivity index (χ0n) is 9.40. The van der Waals surface area contributed by atoms with Crippen LogP contribution in [-0.2, 0) is 0 Å². The lowest BCUT2D eigenvalue weighted by molar-refractivity contribution is 0.112. The van der Waals surface area contributed by atoms with Crippen molar-refractivity contribution in [3.05, 3.63) is 53.3 Å². The first-order valence-electron chi connectivity index (χ1n) is 5.19. The van der Waals surface area contributed by atoms with Gasteiger partial charge in [0.05, 0.1) is 0 Å². The van der Waals surface area contributed by atoms with Crippen molar-refractivity contribution in [1.82, 2.24) is 4.98 Å². The molecule has 0 bridgehead atoms. The Labute approximate surface area is 95.0 Å². The van der Waals surface area contributed by atoms with Gasteiger partial charge in [-0.2, -0.15) is 0 Å². The number of rotatable bonds is 2. The van der Waals surface area contributed by atoms with Crippen LogP contribution in [0, 0.1) is 13.8 Å². The number of aromatic nitrogens is 1. The van der Waals surface area contributed by atoms with Crippen molar-refractivity contribution in [2.24, 2.45) is 0 Å². The molecule has 2 heteroatoms. The van der Waals surface area contributed by atoms with Crippen molar-refractivity contribution in [3.8, 4) is 11.1 Å². The molecule has 2 aromatic rings. The number of benzene rings is 1. The molecule has 1 heterocycles. The number of hydrogen-bond donors (Lipinski definition) is 0. The second kappa shape index (κ2) is 4.27. The summed E-state index contributed by atoms with van der Waals surface area (Å²) in [4.78, 5) is 14.8. The Balaban J connectivity index is 2.62. The van der Waals surface area contributed by atoms with Gasteiger partial charge in [0, 0.05) is 18.0 Å². The lowest BCUT2D eigenvalue weighted by Gasteiger charge is -2.10. The van der Waals surface area contributed by atoms with Gasteiger partial charge in [-0.05, 0) is 60.4 Å². The Bertz CT molecular complexity index is 495. The number of carbonyl (C=O) groups is 1. The van der Waals surface area contributed by atoms with E-state index in [-0.39, 0.29) is 0 Å². The molecule has 1 aromatic carbocycles. The molecule has 0 fully saturated rings. The van der Waals surface area contributed by atoms with E-state index in [1.165, 1.54) is 5.56 Å². The van der Waals surface area contributed by atoms with Crippen LogP contribution in [0.25, 0.3) is 11.1 Å². The monoisotopic (exact) mass is 211 g/mol. The number of aldehydes is 1. The van der Waals surface area contributed by atoms with Gasteiger partial charge >= 0.3 is 0 Å². The minimum Gasteiger partial charge on any atom is -0.298 e. The minimum absolute atomic E-state index is 0.729. The van der Waals surface area contributed by atoms with E-state index in [0.29, 0.717) is 0 Å². The van der Waals surface area contributed by atoms with Crippen molar-refractivity contribution >= 4 is 6.29 Å². The molecule has 0 spiro atoms. The molecule has 0 saturated carbocycles. The fraction of sp³-hybridized carbons (Fsp3) is 0.143. The third-order valence-electron chi connectivity index (χ3n) is 2.66. The highest BCUT2D eigenvalue weighted by Crippen LogP contribution is 2.27. The topological polar surface area (TPSA) is 30.0 Å². The molecule has 1 aromatic heterocycles. The lowest BCUT2D eigenvalue weighted by Crippen LogP contribution is -1.91. The molecule has 0 aliphatic rings. The first kappa shape index (κ1) is 10.6. The molecule has 0 saturated heterocycles. The summed E-state index contributed by atoms with van der Waals surface area (Å²) in [7, 11) is 0. The molecular formula is C14H13NO. The molecule has 0 radical (unpaired) electrons. The van der Waals surface area contributed by atoms with Crippen molar-refractivity contribution in [2.45, 2.75) is 13.8 Å². The maximum atomic E-state index is 10.7. The number of pyridine rings is 1. The van der Waals surface area contributed by atoms with Crippen LogP contribution >= 0.6 is 0 Å². The molecule has 16 heavy (non-hydrogen) atoms. The summed E-state index contributed by atoms with van der Waals surface area (Å²) in [6.07, 6.45) is 4.44. The Hall–Kier alpha value is -1.96. The molecule has 2 nitrogen and oxygen atoms in total. The highest BCUT2D eigenvalue weighted by molar-refractivity contribution is 5.80. The second-order valence-electron chi connectivity index (χ2n) is 3.88. The van der Waals surface area contributed by atoms with Crippen molar-refractivity contribution in [1.29, 1.82) is 0 Å². The van der Waals surface area contributed by atoms with Gasteiger partial charge in [0.1, 0.15) is 6.29 Å². The summed E-state index contributed by atoms with van der Waals surface area (Å²) in [5, 5.41) is 0. The Morgan fingerprint density at radius 2 is 1.62 bits per heavy atom. The fourth-order valence-electron chi connectivity index (χ4n) is 2.04. The highest BCUT2D eigenvalue weighted by Gasteiger charge is 2.06. The number of nitrogens with zero attached hydrogens (tertiary/aromatic N) is 1. The number of hydrogen-bond acceptors (Lipinski definition) is 2. The van der Waals surface area contributed by atoms with Crippen LogP contribution in [-0.4, -0.2) is 11.3 Å². The van der Waals surface area contributed by atoms with Gasteiger partial charge in [0.25, 0.3) is 0 Å². The summed E-state index contributed by atoms with van der Waals surface area (Å²) in [6.45, 7) is 4.05. The van der Waals surface area contributed by atoms with Crippen LogP contribution in [0.1, 0.15) is 21.5 Å². The fourth-order valence-corrected chi connectivity index (χ4v) is 2.04. The number of aryl methyl sites for hydroxylation is 2. The van der Waals surface area contributed by atoms with E-state index < -0.39 is 0 Å². The van der Waals surface area contributed by atoms with Crippen LogP contribution in [0.5, 0.6) is 0 Å². The zero-order chi connectivity index (χ0) is 11.5. The van der Waals surface area contributed by atoms with E-state index in [1.807, 2.05) is 38.1 Å². The van der Waals surface area contributed by atoms with E-state index >= 15 is 0 Å². The van der Waals surface area contributed by atoms with Gasteiger partial charge in [-0.15, -0.1) is 0 Å². The van der Waals surface area contributed by atoms with E-state index in [9.17, 15) is 4.79 Å². The lowest BCUT2D eigenvalue weighted by atomic mass is 9.94. The Kier molecular flexibility index (Phi) is 2.82. The van der Waals surface area contributed by atoms with E-state index in [4.69, 9.17) is 0 Å². The second-order valence-corrected chi connectivity index (χ2v) is 3.88. The quantitative estimate of drug-likeness (QED) is 0.714. The first-order chi connectivity index (χ1) is 7.72. The SMILES string of the molecule is Cc1cc(C=O)cc(C)c1-c1ccncc1. The number of carbonyl (C=O) groups excluding carboxylic acids is 1. The first-order valence-corrected chi connectivity index (χ1v) is 5.19. The van der Waals surface area contributed by atoms with Gasteiger partial charge in [-0.25, -0.2) is 0 Å². The molecule has 0 aliphatic heterocycles. The molecule has 0 amide bonds. The van der Waals surface area contributed by atoms with Crippen LogP contribution in [0.15, 0.2) is 36.7 Å². The molecule has 0 N–H and O–H groups in total. The van der Waals surface area contributed by atoms with E-state index in [1.54, 1.807) is 12.4 Å². The van der Waals surface area contributed by atoms with Crippen molar-refractivity contribution < 1.29 is 4.79 Å². The molecular weight excluding hydrogens is 198 g/mol. The molecule has 2 rings (SSSR count). The average Bonchev–Trinajstić information content (AvgIpc) is 2.29. The molecule has 80 valence electrons. The summed E-state index contributed by atoms with van der Waals surface area (Å²) in [5.74, 6) is 0. The standard InChI is InChI=1S/C14H13NO/c1-10-7-12(9-16)8-11(2)14(10)13-3-5-15-6-4-13/h3-9H,1-2H3. The smallest absolute Gasteiger partial charge is 0.150 e. The van der Waals surface area contributed by atoms with Gasteiger partial charge < -0.3 is 0 Å². The van der Waals surface area contributed by atoms with E-state index in [2.05, 4.69) is 4.98 Å². The third-order valence-corrected chi connectivity index (χ3v) is 2.66. The summed E-state index contributed by atoms with van der Waals surface area (Å²) in [6, 6.07) is 7.79.